The predicted octanol–water partition coefficient (Wildman–Crippen LogP) is 3.85. The molecule has 1 amide bonds. The molecule has 0 radical (unpaired) electrons. The average molecular weight is 338 g/mol. The molecule has 2 heterocycles. The molecule has 0 bridgehead atoms. The number of carbonyl (C=O) groups is 2. The van der Waals surface area contributed by atoms with Gasteiger partial charge in [-0.3, -0.25) is 14.9 Å². The van der Waals surface area contributed by atoms with Gasteiger partial charge >= 0.3 is 0 Å². The first-order valence-electron chi connectivity index (χ1n) is 8.40. The molecule has 25 heavy (non-hydrogen) atoms. The van der Waals surface area contributed by atoms with E-state index in [1.165, 1.54) is 6.92 Å². The summed E-state index contributed by atoms with van der Waals surface area (Å²) in [7, 11) is 0. The molecular weight excluding hydrogens is 316 g/mol. The van der Waals surface area contributed by atoms with Gasteiger partial charge in [-0.25, -0.2) is 4.98 Å². The third kappa shape index (κ3) is 2.95. The van der Waals surface area contributed by atoms with Crippen LogP contribution in [0.4, 0.5) is 5.95 Å². The van der Waals surface area contributed by atoms with Gasteiger partial charge in [-0.05, 0) is 44.9 Å². The molecule has 0 atom stereocenters. The zero-order valence-electron chi connectivity index (χ0n) is 14.9. The number of Topliss-reactive ketones (excluding diaryl/α,β-unsaturated/α-hetero) is 1. The van der Waals surface area contributed by atoms with Gasteiger partial charge in [-0.1, -0.05) is 19.1 Å². The van der Waals surface area contributed by atoms with Crippen LogP contribution in [0.5, 0.6) is 0 Å². The summed E-state index contributed by atoms with van der Waals surface area (Å²) in [4.78, 5) is 32.1. The molecule has 0 saturated carbocycles. The van der Waals surface area contributed by atoms with Crippen LogP contribution in [0.25, 0.3) is 11.0 Å². The first-order valence-corrected chi connectivity index (χ1v) is 8.40. The Labute approximate surface area is 146 Å². The maximum atomic E-state index is 12.7. The number of aromatic nitrogens is 3. The number of rotatable bonds is 5. The van der Waals surface area contributed by atoms with Crippen LogP contribution in [0.15, 0.2) is 24.3 Å². The molecule has 0 spiro atoms. The standard InChI is InChI=1S/C19H22N4O2/c1-5-10-23-15-9-7-6-8-14(15)21-19(23)22-18(25)17-11(2)16(13(4)24)12(3)20-17/h6-9,20H,5,10H2,1-4H3,(H,21,22,25). The van der Waals surface area contributed by atoms with Gasteiger partial charge in [-0.2, -0.15) is 0 Å². The Morgan fingerprint density at radius 2 is 1.96 bits per heavy atom. The van der Waals surface area contributed by atoms with Gasteiger partial charge in [0.25, 0.3) is 5.91 Å². The highest BCUT2D eigenvalue weighted by Crippen LogP contribution is 2.23. The van der Waals surface area contributed by atoms with Crippen LogP contribution in [-0.2, 0) is 6.54 Å². The van der Waals surface area contributed by atoms with Gasteiger partial charge in [0.05, 0.1) is 11.0 Å². The van der Waals surface area contributed by atoms with Crippen molar-refractivity contribution in [1.29, 1.82) is 0 Å². The lowest BCUT2D eigenvalue weighted by molar-refractivity contribution is 0.101. The lowest BCUT2D eigenvalue weighted by Crippen LogP contribution is -2.17. The van der Waals surface area contributed by atoms with Crippen molar-refractivity contribution < 1.29 is 9.59 Å². The summed E-state index contributed by atoms with van der Waals surface area (Å²) in [6.45, 7) is 7.93. The minimum atomic E-state index is -0.291. The molecule has 0 aliphatic rings. The van der Waals surface area contributed by atoms with Crippen LogP contribution < -0.4 is 5.32 Å². The van der Waals surface area contributed by atoms with Crippen LogP contribution >= 0.6 is 0 Å². The van der Waals surface area contributed by atoms with Crippen molar-refractivity contribution in [2.75, 3.05) is 5.32 Å². The number of anilines is 1. The van der Waals surface area contributed by atoms with Crippen molar-refractivity contribution in [3.63, 3.8) is 0 Å². The van der Waals surface area contributed by atoms with Crippen molar-refractivity contribution in [3.8, 4) is 0 Å². The van der Waals surface area contributed by atoms with E-state index in [2.05, 4.69) is 22.2 Å². The Morgan fingerprint density at radius 3 is 2.60 bits per heavy atom. The molecule has 0 aliphatic carbocycles. The van der Waals surface area contributed by atoms with Crippen LogP contribution in [-0.4, -0.2) is 26.2 Å². The molecule has 130 valence electrons. The lowest BCUT2D eigenvalue weighted by Gasteiger charge is -2.09. The summed E-state index contributed by atoms with van der Waals surface area (Å²) < 4.78 is 2.00. The fraction of sp³-hybridized carbons (Fsp3) is 0.316. The molecule has 3 rings (SSSR count). The largest absolute Gasteiger partial charge is 0.354 e. The molecule has 1 aromatic carbocycles. The molecule has 6 heteroatoms. The fourth-order valence-electron chi connectivity index (χ4n) is 3.29. The van der Waals surface area contributed by atoms with E-state index in [1.807, 2.05) is 28.8 Å². The average Bonchev–Trinajstić information content (AvgIpc) is 3.05. The van der Waals surface area contributed by atoms with Gasteiger partial charge in [0.1, 0.15) is 5.69 Å². The Morgan fingerprint density at radius 1 is 1.24 bits per heavy atom. The number of ketones is 1. The SMILES string of the molecule is CCCn1c(NC(=O)c2[nH]c(C)c(C(C)=O)c2C)nc2ccccc21. The second-order valence-corrected chi connectivity index (χ2v) is 6.21. The predicted molar refractivity (Wildman–Crippen MR) is 98.2 cm³/mol. The molecule has 2 N–H and O–H groups in total. The quantitative estimate of drug-likeness (QED) is 0.694. The summed E-state index contributed by atoms with van der Waals surface area (Å²) >= 11 is 0. The number of imidazole rings is 1. The van der Waals surface area contributed by atoms with E-state index in [-0.39, 0.29) is 11.7 Å². The van der Waals surface area contributed by atoms with Crippen LogP contribution in [0.2, 0.25) is 0 Å². The van der Waals surface area contributed by atoms with E-state index in [9.17, 15) is 9.59 Å². The smallest absolute Gasteiger partial charge is 0.274 e. The van der Waals surface area contributed by atoms with Gasteiger partial charge in [-0.15, -0.1) is 0 Å². The summed E-state index contributed by atoms with van der Waals surface area (Å²) in [5.41, 5.74) is 4.18. The van der Waals surface area contributed by atoms with E-state index < -0.39 is 0 Å². The van der Waals surface area contributed by atoms with E-state index in [4.69, 9.17) is 0 Å². The van der Waals surface area contributed by atoms with Gasteiger partial charge in [0.15, 0.2) is 5.78 Å². The van der Waals surface area contributed by atoms with Crippen LogP contribution in [0, 0.1) is 13.8 Å². The number of para-hydroxylation sites is 2. The van der Waals surface area contributed by atoms with Gasteiger partial charge in [0.2, 0.25) is 5.95 Å². The molecule has 0 aliphatic heterocycles. The van der Waals surface area contributed by atoms with Gasteiger partial charge < -0.3 is 9.55 Å². The molecule has 0 saturated heterocycles. The van der Waals surface area contributed by atoms with Crippen LogP contribution in [0.3, 0.4) is 0 Å². The second kappa shape index (κ2) is 6.55. The summed E-state index contributed by atoms with van der Waals surface area (Å²) in [6.07, 6.45) is 0.929. The Kier molecular flexibility index (Phi) is 4.44. The molecule has 0 unspecified atom stereocenters. The monoisotopic (exact) mass is 338 g/mol. The zero-order valence-corrected chi connectivity index (χ0v) is 14.9. The molecule has 2 aromatic heterocycles. The third-order valence-corrected chi connectivity index (χ3v) is 4.34. The highest BCUT2D eigenvalue weighted by molar-refractivity contribution is 6.07. The Bertz CT molecular complexity index is 965. The highest BCUT2D eigenvalue weighted by Gasteiger charge is 2.21. The number of nitrogens with zero attached hydrogens (tertiary/aromatic N) is 2. The van der Waals surface area contributed by atoms with Crippen molar-refractivity contribution in [2.24, 2.45) is 0 Å². The third-order valence-electron chi connectivity index (χ3n) is 4.34. The van der Waals surface area contributed by atoms with E-state index in [0.29, 0.717) is 28.5 Å². The van der Waals surface area contributed by atoms with E-state index >= 15 is 0 Å². The van der Waals surface area contributed by atoms with Crippen molar-refractivity contribution in [1.82, 2.24) is 14.5 Å². The maximum Gasteiger partial charge on any atom is 0.274 e. The normalized spacial score (nSPS) is 11.0. The lowest BCUT2D eigenvalue weighted by atomic mass is 10.1. The number of aryl methyl sites for hydroxylation is 2. The minimum absolute atomic E-state index is 0.0523. The van der Waals surface area contributed by atoms with E-state index in [1.54, 1.807) is 13.8 Å². The summed E-state index contributed by atoms with van der Waals surface area (Å²) in [5, 5.41) is 2.89. The Balaban J connectivity index is 1.99. The van der Waals surface area contributed by atoms with Crippen LogP contribution in [0.1, 0.15) is 52.4 Å². The van der Waals surface area contributed by atoms with Crippen molar-refractivity contribution in [2.45, 2.75) is 40.7 Å². The number of benzene rings is 1. The molecule has 6 nitrogen and oxygen atoms in total. The number of fused-ring (bicyclic) bond motifs is 1. The Hall–Kier alpha value is -2.89. The fourth-order valence-corrected chi connectivity index (χ4v) is 3.29. The maximum absolute atomic E-state index is 12.7. The zero-order chi connectivity index (χ0) is 18.1. The number of aromatic amines is 1. The topological polar surface area (TPSA) is 79.8 Å². The highest BCUT2D eigenvalue weighted by atomic mass is 16.2. The molecule has 3 aromatic rings. The number of nitrogens with one attached hydrogen (secondary N) is 2. The number of hydrogen-bond donors (Lipinski definition) is 2. The second-order valence-electron chi connectivity index (χ2n) is 6.21. The van der Waals surface area contributed by atoms with Crippen molar-refractivity contribution >= 4 is 28.7 Å². The number of amides is 1. The summed E-state index contributed by atoms with van der Waals surface area (Å²) in [5.74, 6) is 0.174. The first-order chi connectivity index (χ1) is 11.9. The number of hydrogen-bond acceptors (Lipinski definition) is 3. The summed E-state index contributed by atoms with van der Waals surface area (Å²) in [6, 6.07) is 7.80. The first kappa shape index (κ1) is 17.0. The minimum Gasteiger partial charge on any atom is -0.354 e. The molecular formula is C19H22N4O2. The number of carbonyl (C=O) groups excluding carboxylic acids is 2. The van der Waals surface area contributed by atoms with E-state index in [0.717, 1.165) is 24.0 Å². The van der Waals surface area contributed by atoms with Crippen molar-refractivity contribution in [3.05, 3.63) is 46.8 Å². The van der Waals surface area contributed by atoms with Gasteiger partial charge in [0, 0.05) is 17.8 Å². The number of H-pyrrole nitrogens is 1. The molecule has 0 fully saturated rings.